The molecule has 1 aromatic heterocycles. The summed E-state index contributed by atoms with van der Waals surface area (Å²) < 4.78 is 37.5. The van der Waals surface area contributed by atoms with Crippen LogP contribution in [-0.4, -0.2) is 4.98 Å². The van der Waals surface area contributed by atoms with Gasteiger partial charge in [-0.05, 0) is 36.8 Å². The summed E-state index contributed by atoms with van der Waals surface area (Å²) in [4.78, 5) is 3.78. The molecule has 16 heavy (non-hydrogen) atoms. The van der Waals surface area contributed by atoms with Crippen LogP contribution in [0.25, 0.3) is 0 Å². The van der Waals surface area contributed by atoms with Crippen molar-refractivity contribution in [3.8, 4) is 0 Å². The van der Waals surface area contributed by atoms with Crippen LogP contribution in [0.3, 0.4) is 0 Å². The molecule has 1 aromatic rings. The minimum absolute atomic E-state index is 0.0317. The van der Waals surface area contributed by atoms with Crippen LogP contribution in [0.15, 0.2) is 18.2 Å². The first-order chi connectivity index (χ1) is 7.33. The Morgan fingerprint density at radius 3 is 2.31 bits per heavy atom. The van der Waals surface area contributed by atoms with Crippen LogP contribution in [-0.2, 0) is 11.6 Å². The molecule has 1 nitrogen and oxygen atoms in total. The predicted molar refractivity (Wildman–Crippen MR) is 52.9 cm³/mol. The first-order valence-electron chi connectivity index (χ1n) is 5.38. The zero-order chi connectivity index (χ0) is 11.6. The third-order valence-corrected chi connectivity index (χ3v) is 3.88. The number of aromatic nitrogens is 1. The van der Waals surface area contributed by atoms with Gasteiger partial charge in [0.1, 0.15) is 5.69 Å². The normalized spacial score (nSPS) is 36.5. The lowest BCUT2D eigenvalue weighted by atomic mass is 9.35. The number of rotatable bonds is 1. The van der Waals surface area contributed by atoms with E-state index in [1.54, 1.807) is 6.07 Å². The first-order valence-corrected chi connectivity index (χ1v) is 5.38. The van der Waals surface area contributed by atoms with Crippen LogP contribution in [0.1, 0.15) is 37.6 Å². The summed E-state index contributed by atoms with van der Waals surface area (Å²) in [6.45, 7) is 2.18. The number of nitrogens with zero attached hydrogens (tertiary/aromatic N) is 1. The lowest BCUT2D eigenvalue weighted by molar-refractivity contribution is -0.144. The zero-order valence-corrected chi connectivity index (χ0v) is 8.93. The Kier molecular flexibility index (Phi) is 1.65. The van der Waals surface area contributed by atoms with Crippen LogP contribution >= 0.6 is 0 Å². The molecule has 4 heteroatoms. The van der Waals surface area contributed by atoms with Gasteiger partial charge in [-0.1, -0.05) is 13.0 Å². The van der Waals surface area contributed by atoms with E-state index in [0.717, 1.165) is 25.3 Å². The van der Waals surface area contributed by atoms with Gasteiger partial charge in [0.05, 0.1) is 0 Å². The second kappa shape index (κ2) is 2.60. The number of halogens is 3. The lowest BCUT2D eigenvalue weighted by Crippen LogP contribution is -2.63. The second-order valence-corrected chi connectivity index (χ2v) is 5.53. The third kappa shape index (κ3) is 1.22. The van der Waals surface area contributed by atoms with Gasteiger partial charge in [0.25, 0.3) is 0 Å². The maximum absolute atomic E-state index is 12.5. The first kappa shape index (κ1) is 10.1. The van der Waals surface area contributed by atoms with Gasteiger partial charge in [-0.2, -0.15) is 13.2 Å². The molecule has 86 valence electrons. The highest BCUT2D eigenvalue weighted by Gasteiger charge is 2.66. The van der Waals surface area contributed by atoms with Crippen molar-refractivity contribution in [2.45, 2.75) is 37.8 Å². The van der Waals surface area contributed by atoms with Gasteiger partial charge >= 0.3 is 6.18 Å². The number of hydrogen-bond donors (Lipinski definition) is 0. The molecular formula is C12H12F3N. The summed E-state index contributed by atoms with van der Waals surface area (Å²) in [7, 11) is 0. The summed E-state index contributed by atoms with van der Waals surface area (Å²) >= 11 is 0. The van der Waals surface area contributed by atoms with Crippen molar-refractivity contribution in [2.24, 2.45) is 5.41 Å². The van der Waals surface area contributed by atoms with E-state index in [2.05, 4.69) is 11.9 Å². The van der Waals surface area contributed by atoms with E-state index >= 15 is 0 Å². The van der Waals surface area contributed by atoms with Gasteiger partial charge < -0.3 is 0 Å². The van der Waals surface area contributed by atoms with Crippen molar-refractivity contribution in [3.63, 3.8) is 0 Å². The molecule has 0 amide bonds. The summed E-state index contributed by atoms with van der Waals surface area (Å²) in [6, 6.07) is 4.23. The second-order valence-electron chi connectivity index (χ2n) is 5.53. The fraction of sp³-hybridized carbons (Fsp3) is 0.583. The molecule has 2 bridgehead atoms. The van der Waals surface area contributed by atoms with Crippen molar-refractivity contribution < 1.29 is 13.2 Å². The molecule has 0 unspecified atom stereocenters. The minimum atomic E-state index is -4.33. The quantitative estimate of drug-likeness (QED) is 0.715. The van der Waals surface area contributed by atoms with Crippen molar-refractivity contribution in [2.75, 3.05) is 0 Å². The topological polar surface area (TPSA) is 12.9 Å². The van der Waals surface area contributed by atoms with Crippen LogP contribution in [0.5, 0.6) is 0 Å². The fourth-order valence-electron chi connectivity index (χ4n) is 3.46. The van der Waals surface area contributed by atoms with E-state index in [9.17, 15) is 13.2 Å². The maximum atomic E-state index is 12.5. The summed E-state index contributed by atoms with van der Waals surface area (Å²) in [5.74, 6) is 0. The van der Waals surface area contributed by atoms with Gasteiger partial charge in [0.2, 0.25) is 0 Å². The molecule has 1 heterocycles. The molecule has 0 spiro atoms. The van der Waals surface area contributed by atoms with E-state index in [0.29, 0.717) is 11.1 Å². The van der Waals surface area contributed by atoms with Crippen LogP contribution in [0, 0.1) is 5.41 Å². The predicted octanol–water partition coefficient (Wildman–Crippen LogP) is 3.54. The van der Waals surface area contributed by atoms with Gasteiger partial charge in [-0.3, -0.25) is 0 Å². The van der Waals surface area contributed by atoms with E-state index in [1.165, 1.54) is 6.07 Å². The van der Waals surface area contributed by atoms with Gasteiger partial charge in [-0.15, -0.1) is 0 Å². The molecule has 3 aliphatic carbocycles. The summed E-state index contributed by atoms with van der Waals surface area (Å²) in [5.41, 5.74) is 0.220. The van der Waals surface area contributed by atoms with Gasteiger partial charge in [0.15, 0.2) is 0 Å². The lowest BCUT2D eigenvalue weighted by Gasteiger charge is -2.69. The third-order valence-electron chi connectivity index (χ3n) is 3.88. The van der Waals surface area contributed by atoms with Crippen LogP contribution in [0.2, 0.25) is 0 Å². The molecule has 0 atom stereocenters. The molecule has 0 N–H and O–H groups in total. The monoisotopic (exact) mass is 227 g/mol. The summed E-state index contributed by atoms with van der Waals surface area (Å²) in [6.07, 6.45) is -1.35. The van der Waals surface area contributed by atoms with Crippen molar-refractivity contribution in [3.05, 3.63) is 29.6 Å². The maximum Gasteiger partial charge on any atom is 0.433 e. The molecule has 0 radical (unpaired) electrons. The Morgan fingerprint density at radius 2 is 1.81 bits per heavy atom. The van der Waals surface area contributed by atoms with Gasteiger partial charge in [0, 0.05) is 11.1 Å². The van der Waals surface area contributed by atoms with E-state index in [1.807, 2.05) is 0 Å². The average molecular weight is 227 g/mol. The molecular weight excluding hydrogens is 215 g/mol. The van der Waals surface area contributed by atoms with E-state index in [4.69, 9.17) is 0 Å². The highest BCUT2D eigenvalue weighted by atomic mass is 19.4. The van der Waals surface area contributed by atoms with E-state index < -0.39 is 11.9 Å². The average Bonchev–Trinajstić information content (AvgIpc) is 2.10. The minimum Gasteiger partial charge on any atom is -0.248 e. The highest BCUT2D eigenvalue weighted by molar-refractivity contribution is 5.34. The number of hydrogen-bond acceptors (Lipinski definition) is 1. The standard InChI is InChI=1S/C12H12F3N/c1-10-5-11(6-10,7-10)8-3-2-4-9(16-8)12(13,14)15/h2-4H,5-7H2,1H3. The molecule has 0 saturated heterocycles. The molecule has 0 aliphatic heterocycles. The molecule has 3 fully saturated rings. The van der Waals surface area contributed by atoms with Crippen molar-refractivity contribution >= 4 is 0 Å². The fourth-order valence-corrected chi connectivity index (χ4v) is 3.46. The smallest absolute Gasteiger partial charge is 0.248 e. The van der Waals surface area contributed by atoms with Crippen LogP contribution < -0.4 is 0 Å². The Balaban J connectivity index is 1.93. The molecule has 4 rings (SSSR count). The SMILES string of the molecule is CC12CC(c3cccc(C(F)(F)F)n3)(C1)C2. The highest BCUT2D eigenvalue weighted by Crippen LogP contribution is 2.73. The Morgan fingerprint density at radius 1 is 1.19 bits per heavy atom. The number of pyridine rings is 1. The Bertz CT molecular complexity index is 430. The van der Waals surface area contributed by atoms with Crippen LogP contribution in [0.4, 0.5) is 13.2 Å². The Labute approximate surface area is 91.7 Å². The molecule has 0 aromatic carbocycles. The largest absolute Gasteiger partial charge is 0.433 e. The molecule has 3 aliphatic rings. The van der Waals surface area contributed by atoms with E-state index in [-0.39, 0.29) is 5.41 Å². The van der Waals surface area contributed by atoms with Crippen molar-refractivity contribution in [1.82, 2.24) is 4.98 Å². The zero-order valence-electron chi connectivity index (χ0n) is 8.93. The molecule has 3 saturated carbocycles. The summed E-state index contributed by atoms with van der Waals surface area (Å²) in [5, 5.41) is 0. The Hall–Kier alpha value is -1.06. The van der Waals surface area contributed by atoms with Gasteiger partial charge in [-0.25, -0.2) is 4.98 Å². The van der Waals surface area contributed by atoms with Crippen molar-refractivity contribution in [1.29, 1.82) is 0 Å². The number of alkyl halides is 3.